The Balaban J connectivity index is 1.88. The number of phenols is 1. The third-order valence-corrected chi connectivity index (χ3v) is 4.45. The van der Waals surface area contributed by atoms with E-state index in [0.717, 1.165) is 17.5 Å². The molecule has 0 amide bonds. The van der Waals surface area contributed by atoms with Gasteiger partial charge in [-0.05, 0) is 40.8 Å². The summed E-state index contributed by atoms with van der Waals surface area (Å²) >= 11 is 0. The monoisotopic (exact) mass is 332 g/mol. The minimum absolute atomic E-state index is 0.0365. The number of carbonyl (C=O) groups is 1. The van der Waals surface area contributed by atoms with Crippen molar-refractivity contribution >= 4 is 5.97 Å². The Morgan fingerprint density at radius 3 is 2.28 bits per heavy atom. The largest absolute Gasteiger partial charge is 0.507 e. The van der Waals surface area contributed by atoms with Gasteiger partial charge < -0.3 is 10.2 Å². The molecule has 0 fully saturated rings. The van der Waals surface area contributed by atoms with Crippen LogP contribution in [0.1, 0.15) is 45.5 Å². The number of carboxylic acids is 1. The molecule has 3 aromatic rings. The maximum atomic E-state index is 11.2. The van der Waals surface area contributed by atoms with E-state index in [-0.39, 0.29) is 17.2 Å². The molecule has 0 spiro atoms. The van der Waals surface area contributed by atoms with E-state index in [1.165, 1.54) is 17.2 Å². The predicted octanol–water partition coefficient (Wildman–Crippen LogP) is 4.83. The molecular weight excluding hydrogens is 312 g/mol. The number of aromatic carboxylic acids is 1. The smallest absolute Gasteiger partial charge is 0.339 e. The minimum atomic E-state index is -1.12. The lowest BCUT2D eigenvalue weighted by molar-refractivity contribution is 0.0693. The van der Waals surface area contributed by atoms with Crippen LogP contribution in [-0.2, 0) is 6.42 Å². The normalized spacial score (nSPS) is 11.9. The molecule has 0 aliphatic carbocycles. The second-order valence-electron chi connectivity index (χ2n) is 6.21. The van der Waals surface area contributed by atoms with Crippen molar-refractivity contribution in [3.05, 3.63) is 101 Å². The van der Waals surface area contributed by atoms with Gasteiger partial charge in [0.1, 0.15) is 11.3 Å². The highest BCUT2D eigenvalue weighted by molar-refractivity contribution is 5.91. The summed E-state index contributed by atoms with van der Waals surface area (Å²) in [5.41, 5.74) is 4.39. The van der Waals surface area contributed by atoms with Gasteiger partial charge in [-0.15, -0.1) is 0 Å². The van der Waals surface area contributed by atoms with Crippen LogP contribution in [0.25, 0.3) is 0 Å². The number of benzene rings is 3. The van der Waals surface area contributed by atoms with E-state index in [1.54, 1.807) is 12.1 Å². The van der Waals surface area contributed by atoms with Crippen molar-refractivity contribution in [2.45, 2.75) is 19.3 Å². The summed E-state index contributed by atoms with van der Waals surface area (Å²) in [6.07, 6.45) is 0.858. The fraction of sp³-hybridized carbons (Fsp3) is 0.136. The van der Waals surface area contributed by atoms with Crippen molar-refractivity contribution in [2.75, 3.05) is 0 Å². The number of carboxylic acid groups (broad SMARTS) is 1. The maximum absolute atomic E-state index is 11.2. The molecular formula is C22H20O3. The Labute approximate surface area is 147 Å². The topological polar surface area (TPSA) is 57.5 Å². The molecule has 0 radical (unpaired) electrons. The van der Waals surface area contributed by atoms with Gasteiger partial charge in [-0.25, -0.2) is 4.79 Å². The first kappa shape index (κ1) is 16.8. The zero-order valence-corrected chi connectivity index (χ0v) is 14.0. The molecule has 0 aromatic heterocycles. The lowest BCUT2D eigenvalue weighted by atomic mass is 9.90. The van der Waals surface area contributed by atoms with Gasteiger partial charge in [-0.1, -0.05) is 67.6 Å². The van der Waals surface area contributed by atoms with Crippen LogP contribution < -0.4 is 0 Å². The highest BCUT2D eigenvalue weighted by Gasteiger charge is 2.15. The van der Waals surface area contributed by atoms with Crippen molar-refractivity contribution in [3.63, 3.8) is 0 Å². The number of rotatable bonds is 5. The summed E-state index contributed by atoms with van der Waals surface area (Å²) in [6, 6.07) is 23.4. The van der Waals surface area contributed by atoms with E-state index >= 15 is 0 Å². The molecule has 3 aromatic carbocycles. The highest BCUT2D eigenvalue weighted by Crippen LogP contribution is 2.29. The number of aromatic hydroxyl groups is 1. The molecule has 0 heterocycles. The van der Waals surface area contributed by atoms with Gasteiger partial charge in [0.2, 0.25) is 0 Å². The van der Waals surface area contributed by atoms with E-state index in [1.807, 2.05) is 37.3 Å². The molecule has 1 atom stereocenters. The van der Waals surface area contributed by atoms with Crippen LogP contribution in [0.5, 0.6) is 5.75 Å². The molecule has 3 heteroatoms. The third-order valence-electron chi connectivity index (χ3n) is 4.45. The summed E-state index contributed by atoms with van der Waals surface area (Å²) in [6.45, 7) is 2.04. The summed E-state index contributed by atoms with van der Waals surface area (Å²) in [7, 11) is 0. The van der Waals surface area contributed by atoms with Crippen molar-refractivity contribution in [3.8, 4) is 5.75 Å². The van der Waals surface area contributed by atoms with Crippen LogP contribution in [0.4, 0.5) is 0 Å². The molecule has 0 saturated heterocycles. The highest BCUT2D eigenvalue weighted by atomic mass is 16.4. The average molecular weight is 332 g/mol. The van der Waals surface area contributed by atoms with Gasteiger partial charge in [0.15, 0.2) is 0 Å². The third kappa shape index (κ3) is 3.89. The molecule has 126 valence electrons. The van der Waals surface area contributed by atoms with Crippen LogP contribution in [0.3, 0.4) is 0 Å². The number of hydrogen-bond donors (Lipinski definition) is 2. The predicted molar refractivity (Wildman–Crippen MR) is 98.3 cm³/mol. The molecule has 2 N–H and O–H groups in total. The van der Waals surface area contributed by atoms with Crippen LogP contribution in [0, 0.1) is 0 Å². The van der Waals surface area contributed by atoms with E-state index in [0.29, 0.717) is 0 Å². The quantitative estimate of drug-likeness (QED) is 0.703. The summed E-state index contributed by atoms with van der Waals surface area (Å²) in [5.74, 6) is -1.29. The zero-order chi connectivity index (χ0) is 17.8. The fourth-order valence-corrected chi connectivity index (χ4v) is 2.99. The summed E-state index contributed by atoms with van der Waals surface area (Å²) in [5, 5.41) is 18.9. The Hall–Kier alpha value is -3.07. The van der Waals surface area contributed by atoms with Crippen LogP contribution in [-0.4, -0.2) is 16.2 Å². The Morgan fingerprint density at radius 2 is 1.56 bits per heavy atom. The first-order valence-corrected chi connectivity index (χ1v) is 8.23. The molecule has 3 rings (SSSR count). The molecule has 1 unspecified atom stereocenters. The van der Waals surface area contributed by atoms with E-state index in [4.69, 9.17) is 0 Å². The van der Waals surface area contributed by atoms with Gasteiger partial charge in [0, 0.05) is 5.92 Å². The van der Waals surface area contributed by atoms with Crippen LogP contribution in [0.2, 0.25) is 0 Å². The second kappa shape index (κ2) is 7.22. The second-order valence-corrected chi connectivity index (χ2v) is 6.21. The number of hydrogen-bond acceptors (Lipinski definition) is 2. The Bertz CT molecular complexity index is 885. The standard InChI is InChI=1S/C22H20O3/c1-15(19-10-11-21(23)20(14-19)22(24)25)18-9-5-8-17(13-18)12-16-6-3-2-4-7-16/h2-11,13-15,23H,12H2,1H3,(H,24,25). The van der Waals surface area contributed by atoms with Crippen LogP contribution >= 0.6 is 0 Å². The molecule has 0 aliphatic heterocycles. The maximum Gasteiger partial charge on any atom is 0.339 e. The van der Waals surface area contributed by atoms with E-state index in [2.05, 4.69) is 24.3 Å². The van der Waals surface area contributed by atoms with Crippen molar-refractivity contribution < 1.29 is 15.0 Å². The lowest BCUT2D eigenvalue weighted by Crippen LogP contribution is -2.02. The average Bonchev–Trinajstić information content (AvgIpc) is 2.62. The van der Waals surface area contributed by atoms with Crippen molar-refractivity contribution in [2.24, 2.45) is 0 Å². The molecule has 25 heavy (non-hydrogen) atoms. The van der Waals surface area contributed by atoms with Crippen molar-refractivity contribution in [1.29, 1.82) is 0 Å². The first-order chi connectivity index (χ1) is 12.0. The Morgan fingerprint density at radius 1 is 0.880 bits per heavy atom. The SMILES string of the molecule is CC(c1cccc(Cc2ccccc2)c1)c1ccc(O)c(C(=O)O)c1. The fourth-order valence-electron chi connectivity index (χ4n) is 2.99. The lowest BCUT2D eigenvalue weighted by Gasteiger charge is -2.15. The van der Waals surface area contributed by atoms with E-state index < -0.39 is 5.97 Å². The van der Waals surface area contributed by atoms with Gasteiger partial charge in [-0.2, -0.15) is 0 Å². The van der Waals surface area contributed by atoms with Gasteiger partial charge >= 0.3 is 5.97 Å². The Kier molecular flexibility index (Phi) is 4.85. The first-order valence-electron chi connectivity index (χ1n) is 8.23. The summed E-state index contributed by atoms with van der Waals surface area (Å²) in [4.78, 5) is 11.2. The van der Waals surface area contributed by atoms with Gasteiger partial charge in [0.25, 0.3) is 0 Å². The molecule has 0 saturated carbocycles. The van der Waals surface area contributed by atoms with Crippen LogP contribution in [0.15, 0.2) is 72.8 Å². The minimum Gasteiger partial charge on any atom is -0.507 e. The summed E-state index contributed by atoms with van der Waals surface area (Å²) < 4.78 is 0. The van der Waals surface area contributed by atoms with Crippen molar-refractivity contribution in [1.82, 2.24) is 0 Å². The van der Waals surface area contributed by atoms with E-state index in [9.17, 15) is 15.0 Å². The zero-order valence-electron chi connectivity index (χ0n) is 14.0. The van der Waals surface area contributed by atoms with Gasteiger partial charge in [-0.3, -0.25) is 0 Å². The van der Waals surface area contributed by atoms with Gasteiger partial charge in [0.05, 0.1) is 0 Å². The molecule has 3 nitrogen and oxygen atoms in total. The molecule has 0 aliphatic rings. The molecule has 0 bridgehead atoms.